The van der Waals surface area contributed by atoms with E-state index in [4.69, 9.17) is 9.72 Å². The molecular formula is C28H32N4O2. The van der Waals surface area contributed by atoms with Crippen molar-refractivity contribution in [1.82, 2.24) is 19.0 Å². The second-order valence-corrected chi connectivity index (χ2v) is 8.86. The molecule has 3 heterocycles. The molecule has 0 bridgehead atoms. The molecule has 0 amide bonds. The molecule has 0 saturated carbocycles. The smallest absolute Gasteiger partial charge is 0.250 e. The first-order valence-electron chi connectivity index (χ1n) is 12.3. The number of morpholine rings is 1. The van der Waals surface area contributed by atoms with Crippen LogP contribution in [0.15, 0.2) is 71.7 Å². The van der Waals surface area contributed by atoms with Crippen LogP contribution in [-0.2, 0) is 30.7 Å². The lowest BCUT2D eigenvalue weighted by Crippen LogP contribution is -2.38. The monoisotopic (exact) mass is 456 g/mol. The van der Waals surface area contributed by atoms with Crippen molar-refractivity contribution in [3.63, 3.8) is 0 Å². The maximum atomic E-state index is 12.0. The summed E-state index contributed by atoms with van der Waals surface area (Å²) in [5, 5.41) is 0. The fraction of sp³-hybridized carbons (Fsp3) is 0.357. The summed E-state index contributed by atoms with van der Waals surface area (Å²) in [6, 6.07) is 20.7. The van der Waals surface area contributed by atoms with Crippen LogP contribution in [0.25, 0.3) is 22.2 Å². The zero-order chi connectivity index (χ0) is 23.3. The zero-order valence-corrected chi connectivity index (χ0v) is 19.8. The third-order valence-electron chi connectivity index (χ3n) is 6.71. The quantitative estimate of drug-likeness (QED) is 0.402. The fourth-order valence-corrected chi connectivity index (χ4v) is 4.72. The summed E-state index contributed by atoms with van der Waals surface area (Å²) in [7, 11) is 0. The molecule has 1 aliphatic heterocycles. The summed E-state index contributed by atoms with van der Waals surface area (Å²) in [4.78, 5) is 19.6. The van der Waals surface area contributed by atoms with Gasteiger partial charge in [-0.15, -0.1) is 0 Å². The summed E-state index contributed by atoms with van der Waals surface area (Å²) < 4.78 is 9.65. The lowest BCUT2D eigenvalue weighted by Gasteiger charge is -2.27. The Morgan fingerprint density at radius 2 is 1.71 bits per heavy atom. The van der Waals surface area contributed by atoms with Gasteiger partial charge in [-0.1, -0.05) is 36.4 Å². The third-order valence-corrected chi connectivity index (χ3v) is 6.71. The van der Waals surface area contributed by atoms with E-state index >= 15 is 0 Å². The van der Waals surface area contributed by atoms with Crippen LogP contribution in [0.5, 0.6) is 0 Å². The van der Waals surface area contributed by atoms with Crippen LogP contribution in [0, 0.1) is 0 Å². The molecule has 0 aliphatic carbocycles. The SMILES string of the molecule is CCn1cc(-c2ccc3c(c2)nc(CCc2ccccc2)n3CCN2CCOCC2)ccc1=O. The van der Waals surface area contributed by atoms with Gasteiger partial charge in [0.05, 0.1) is 24.2 Å². The van der Waals surface area contributed by atoms with Gasteiger partial charge in [0, 0.05) is 51.4 Å². The molecule has 1 saturated heterocycles. The van der Waals surface area contributed by atoms with Gasteiger partial charge in [-0.05, 0) is 48.2 Å². The molecule has 6 nitrogen and oxygen atoms in total. The molecule has 1 fully saturated rings. The normalized spacial score (nSPS) is 14.6. The van der Waals surface area contributed by atoms with Crippen molar-refractivity contribution in [3.8, 4) is 11.1 Å². The maximum absolute atomic E-state index is 12.0. The molecule has 6 heteroatoms. The van der Waals surface area contributed by atoms with Gasteiger partial charge in [-0.2, -0.15) is 0 Å². The van der Waals surface area contributed by atoms with Crippen LogP contribution in [0.4, 0.5) is 0 Å². The number of fused-ring (bicyclic) bond motifs is 1. The van der Waals surface area contributed by atoms with Crippen molar-refractivity contribution in [2.24, 2.45) is 0 Å². The highest BCUT2D eigenvalue weighted by Crippen LogP contribution is 2.25. The Kier molecular flexibility index (Phi) is 6.88. The third kappa shape index (κ3) is 4.98. The summed E-state index contributed by atoms with van der Waals surface area (Å²) in [6.45, 7) is 8.17. The van der Waals surface area contributed by atoms with Gasteiger partial charge in [-0.3, -0.25) is 9.69 Å². The van der Waals surface area contributed by atoms with Crippen molar-refractivity contribution in [1.29, 1.82) is 0 Å². The molecule has 0 unspecified atom stereocenters. The summed E-state index contributed by atoms with van der Waals surface area (Å²) in [5.41, 5.74) is 5.67. The van der Waals surface area contributed by atoms with Gasteiger partial charge in [0.25, 0.3) is 5.56 Å². The number of pyridine rings is 1. The second kappa shape index (κ2) is 10.4. The van der Waals surface area contributed by atoms with Crippen molar-refractivity contribution < 1.29 is 4.74 Å². The number of aryl methyl sites for hydroxylation is 3. The van der Waals surface area contributed by atoms with Gasteiger partial charge in [-0.25, -0.2) is 4.98 Å². The number of hydrogen-bond donors (Lipinski definition) is 0. The maximum Gasteiger partial charge on any atom is 0.250 e. The van der Waals surface area contributed by atoms with E-state index in [1.807, 2.05) is 19.2 Å². The average molecular weight is 457 g/mol. The van der Waals surface area contributed by atoms with E-state index in [0.29, 0.717) is 6.54 Å². The predicted molar refractivity (Wildman–Crippen MR) is 136 cm³/mol. The summed E-state index contributed by atoms with van der Waals surface area (Å²) in [5.74, 6) is 1.13. The van der Waals surface area contributed by atoms with Crippen molar-refractivity contribution in [2.75, 3.05) is 32.8 Å². The molecule has 4 aromatic rings. The van der Waals surface area contributed by atoms with Crippen LogP contribution in [0.1, 0.15) is 18.3 Å². The van der Waals surface area contributed by atoms with E-state index in [0.717, 1.165) is 74.7 Å². The average Bonchev–Trinajstić information content (AvgIpc) is 3.24. The van der Waals surface area contributed by atoms with Gasteiger partial charge < -0.3 is 13.9 Å². The van der Waals surface area contributed by atoms with E-state index < -0.39 is 0 Å². The van der Waals surface area contributed by atoms with Crippen LogP contribution in [0.2, 0.25) is 0 Å². The Balaban J connectivity index is 1.46. The number of rotatable bonds is 8. The van der Waals surface area contributed by atoms with Gasteiger partial charge in [0.2, 0.25) is 0 Å². The number of ether oxygens (including phenoxy) is 1. The summed E-state index contributed by atoms with van der Waals surface area (Å²) in [6.07, 6.45) is 3.81. The molecule has 0 spiro atoms. The van der Waals surface area contributed by atoms with Gasteiger partial charge in [0.15, 0.2) is 0 Å². The Bertz CT molecular complexity index is 1300. The largest absolute Gasteiger partial charge is 0.379 e. The first-order valence-corrected chi connectivity index (χ1v) is 12.3. The highest BCUT2D eigenvalue weighted by atomic mass is 16.5. The van der Waals surface area contributed by atoms with Crippen molar-refractivity contribution in [2.45, 2.75) is 32.9 Å². The Hall–Kier alpha value is -3.22. The van der Waals surface area contributed by atoms with Gasteiger partial charge in [0.1, 0.15) is 5.82 Å². The molecule has 1 aliphatic rings. The highest BCUT2D eigenvalue weighted by molar-refractivity contribution is 5.82. The number of nitrogens with zero attached hydrogens (tertiary/aromatic N) is 4. The van der Waals surface area contributed by atoms with E-state index in [2.05, 4.69) is 58.0 Å². The van der Waals surface area contributed by atoms with E-state index in [-0.39, 0.29) is 5.56 Å². The number of hydrogen-bond acceptors (Lipinski definition) is 4. The molecule has 0 radical (unpaired) electrons. The standard InChI is InChI=1S/C28H32N4O2/c1-2-31-21-24(10-13-28(31)33)23-9-11-26-25(20-23)29-27(12-8-22-6-4-3-5-7-22)32(26)15-14-30-16-18-34-19-17-30/h3-7,9-11,13,20-21H,2,8,12,14-19H2,1H3. The lowest BCUT2D eigenvalue weighted by molar-refractivity contribution is 0.0364. The first-order chi connectivity index (χ1) is 16.7. The lowest BCUT2D eigenvalue weighted by atomic mass is 10.1. The molecule has 5 rings (SSSR count). The fourth-order valence-electron chi connectivity index (χ4n) is 4.72. The van der Waals surface area contributed by atoms with Crippen LogP contribution >= 0.6 is 0 Å². The molecule has 2 aromatic carbocycles. The molecule has 176 valence electrons. The minimum absolute atomic E-state index is 0.0305. The number of benzene rings is 2. The van der Waals surface area contributed by atoms with Crippen LogP contribution in [-0.4, -0.2) is 51.9 Å². The molecule has 2 aromatic heterocycles. The topological polar surface area (TPSA) is 52.3 Å². The first kappa shape index (κ1) is 22.6. The Morgan fingerprint density at radius 3 is 2.50 bits per heavy atom. The molecule has 0 atom stereocenters. The van der Waals surface area contributed by atoms with E-state index in [9.17, 15) is 4.79 Å². The molecule has 34 heavy (non-hydrogen) atoms. The predicted octanol–water partition coefficient (Wildman–Crippen LogP) is 4.00. The van der Waals surface area contributed by atoms with E-state index in [1.165, 1.54) is 11.1 Å². The second-order valence-electron chi connectivity index (χ2n) is 8.86. The zero-order valence-electron chi connectivity index (χ0n) is 19.8. The Labute approximate surface area is 200 Å². The number of aromatic nitrogens is 3. The molecular weight excluding hydrogens is 424 g/mol. The van der Waals surface area contributed by atoms with Crippen molar-refractivity contribution in [3.05, 3.63) is 88.6 Å². The summed E-state index contributed by atoms with van der Waals surface area (Å²) >= 11 is 0. The number of imidazole rings is 1. The molecule has 0 N–H and O–H groups in total. The van der Waals surface area contributed by atoms with E-state index in [1.54, 1.807) is 10.6 Å². The minimum Gasteiger partial charge on any atom is -0.379 e. The van der Waals surface area contributed by atoms with Gasteiger partial charge >= 0.3 is 0 Å². The van der Waals surface area contributed by atoms with Crippen LogP contribution in [0.3, 0.4) is 0 Å². The Morgan fingerprint density at radius 1 is 0.912 bits per heavy atom. The van der Waals surface area contributed by atoms with Crippen LogP contribution < -0.4 is 5.56 Å². The van der Waals surface area contributed by atoms with Crippen molar-refractivity contribution >= 4 is 11.0 Å². The highest BCUT2D eigenvalue weighted by Gasteiger charge is 2.15. The minimum atomic E-state index is 0.0305.